The fourth-order valence-corrected chi connectivity index (χ4v) is 5.25. The molecular weight excluding hydrogens is 464 g/mol. The summed E-state index contributed by atoms with van der Waals surface area (Å²) in [6.45, 7) is 1.22. The van der Waals surface area contributed by atoms with E-state index in [4.69, 9.17) is 14.2 Å². The third kappa shape index (κ3) is 2.90. The minimum absolute atomic E-state index is 0.0448. The van der Waals surface area contributed by atoms with Crippen molar-refractivity contribution in [2.45, 2.75) is 11.8 Å². The maximum absolute atomic E-state index is 14.0. The molecule has 4 aromatic rings. The van der Waals surface area contributed by atoms with Gasteiger partial charge in [0.05, 0.1) is 0 Å². The van der Waals surface area contributed by atoms with Crippen molar-refractivity contribution in [3.8, 4) is 17.2 Å². The molecular formula is C26H20N4O6. The quantitative estimate of drug-likeness (QED) is 0.430. The molecule has 0 saturated heterocycles. The molecule has 0 radical (unpaired) electrons. The van der Waals surface area contributed by atoms with Crippen molar-refractivity contribution in [1.82, 2.24) is 15.6 Å². The van der Waals surface area contributed by atoms with Gasteiger partial charge in [0.15, 0.2) is 11.5 Å². The topological polar surface area (TPSA) is 116 Å². The summed E-state index contributed by atoms with van der Waals surface area (Å²) in [5.41, 5.74) is 3.20. The van der Waals surface area contributed by atoms with Crippen LogP contribution in [0.5, 0.6) is 17.2 Å². The van der Waals surface area contributed by atoms with Crippen LogP contribution in [0.3, 0.4) is 0 Å². The van der Waals surface area contributed by atoms with Crippen LogP contribution >= 0.6 is 0 Å². The van der Waals surface area contributed by atoms with E-state index in [-0.39, 0.29) is 25.2 Å². The summed E-state index contributed by atoms with van der Waals surface area (Å²) in [6, 6.07) is 16.4. The molecule has 36 heavy (non-hydrogen) atoms. The lowest BCUT2D eigenvalue weighted by atomic mass is 9.77. The van der Waals surface area contributed by atoms with Gasteiger partial charge >= 0.3 is 0 Å². The van der Waals surface area contributed by atoms with Crippen LogP contribution in [0, 0.1) is 0 Å². The number of hydrogen-bond donors (Lipinski definition) is 1. The SMILES string of the molecule is O=C(NCCCN1C(=O)C2(COc3cc4c(cc32)OCO4)c2ccccc21)c1ccc2nonc2c1. The fraction of sp³-hybridized carbons (Fsp3) is 0.231. The molecule has 0 bridgehead atoms. The van der Waals surface area contributed by atoms with Gasteiger partial charge in [-0.15, -0.1) is 0 Å². The molecule has 0 aliphatic carbocycles. The lowest BCUT2D eigenvalue weighted by Crippen LogP contribution is -2.43. The minimum Gasteiger partial charge on any atom is -0.491 e. The summed E-state index contributed by atoms with van der Waals surface area (Å²) in [5, 5.41) is 10.4. The van der Waals surface area contributed by atoms with Crippen molar-refractivity contribution in [1.29, 1.82) is 0 Å². The highest BCUT2D eigenvalue weighted by Gasteiger charge is 2.57. The number of aromatic nitrogens is 2. The molecule has 10 nitrogen and oxygen atoms in total. The summed E-state index contributed by atoms with van der Waals surface area (Å²) in [4.78, 5) is 28.3. The molecule has 1 unspecified atom stereocenters. The van der Waals surface area contributed by atoms with E-state index < -0.39 is 5.41 Å². The highest BCUT2D eigenvalue weighted by atomic mass is 16.7. The predicted octanol–water partition coefficient (Wildman–Crippen LogP) is 2.80. The highest BCUT2D eigenvalue weighted by Crippen LogP contribution is 2.54. The molecule has 0 saturated carbocycles. The highest BCUT2D eigenvalue weighted by molar-refractivity contribution is 6.11. The third-order valence-corrected chi connectivity index (χ3v) is 7.00. The van der Waals surface area contributed by atoms with Gasteiger partial charge in [-0.2, -0.15) is 0 Å². The van der Waals surface area contributed by atoms with Crippen LogP contribution < -0.4 is 24.4 Å². The third-order valence-electron chi connectivity index (χ3n) is 7.00. The summed E-state index contributed by atoms with van der Waals surface area (Å²) in [7, 11) is 0. The van der Waals surface area contributed by atoms with E-state index in [9.17, 15) is 9.59 Å². The monoisotopic (exact) mass is 484 g/mol. The van der Waals surface area contributed by atoms with Gasteiger partial charge in [-0.25, -0.2) is 4.63 Å². The van der Waals surface area contributed by atoms with Crippen LogP contribution in [0.25, 0.3) is 11.0 Å². The Labute approximate surface area is 204 Å². The summed E-state index contributed by atoms with van der Waals surface area (Å²) >= 11 is 0. The largest absolute Gasteiger partial charge is 0.491 e. The van der Waals surface area contributed by atoms with E-state index >= 15 is 0 Å². The number of anilines is 1. The zero-order valence-corrected chi connectivity index (χ0v) is 19.0. The number of benzene rings is 3. The average Bonchev–Trinajstić information content (AvgIpc) is 3.68. The number of amides is 2. The smallest absolute Gasteiger partial charge is 0.251 e. The minimum atomic E-state index is -0.933. The standard InChI is InChI=1S/C26H20N4O6/c31-24(15-6-7-18-19(10-15)29-36-28-18)27-8-3-9-30-20-5-2-1-4-16(20)26(25(30)32)13-33-21-12-23-22(11-17(21)26)34-14-35-23/h1-2,4-7,10-12H,3,8-9,13-14H2,(H,27,31). The summed E-state index contributed by atoms with van der Waals surface area (Å²) in [6.07, 6.45) is 0.574. The Morgan fingerprint density at radius 1 is 0.944 bits per heavy atom. The van der Waals surface area contributed by atoms with Gasteiger partial charge in [0.1, 0.15) is 28.8 Å². The van der Waals surface area contributed by atoms with Gasteiger partial charge in [0.25, 0.3) is 5.91 Å². The summed E-state index contributed by atoms with van der Waals surface area (Å²) < 4.78 is 21.8. The first kappa shape index (κ1) is 20.7. The number of nitrogens with zero attached hydrogens (tertiary/aromatic N) is 3. The average molecular weight is 484 g/mol. The predicted molar refractivity (Wildman–Crippen MR) is 126 cm³/mol. The van der Waals surface area contributed by atoms with Crippen LogP contribution in [0.1, 0.15) is 27.9 Å². The number of ether oxygens (including phenoxy) is 3. The van der Waals surface area contributed by atoms with E-state index in [2.05, 4.69) is 20.3 Å². The molecule has 1 N–H and O–H groups in total. The Kier molecular flexibility index (Phi) is 4.44. The second kappa shape index (κ2) is 7.70. The van der Waals surface area contributed by atoms with E-state index in [1.54, 1.807) is 29.2 Å². The number of rotatable bonds is 5. The number of nitrogens with one attached hydrogen (secondary N) is 1. The van der Waals surface area contributed by atoms with Crippen molar-refractivity contribution < 1.29 is 28.4 Å². The van der Waals surface area contributed by atoms with Crippen molar-refractivity contribution >= 4 is 28.5 Å². The molecule has 4 heterocycles. The molecule has 1 aromatic heterocycles. The second-order valence-electron chi connectivity index (χ2n) is 8.95. The van der Waals surface area contributed by atoms with Crippen LogP contribution in [-0.2, 0) is 10.2 Å². The Bertz CT molecular complexity index is 1550. The van der Waals surface area contributed by atoms with Gasteiger partial charge in [-0.1, -0.05) is 18.2 Å². The lowest BCUT2D eigenvalue weighted by Gasteiger charge is -2.23. The molecule has 3 aromatic carbocycles. The first-order chi connectivity index (χ1) is 17.6. The Morgan fingerprint density at radius 2 is 1.78 bits per heavy atom. The molecule has 7 rings (SSSR count). The number of carbonyl (C=O) groups is 2. The maximum atomic E-state index is 14.0. The van der Waals surface area contributed by atoms with E-state index in [0.717, 1.165) is 16.8 Å². The Hall–Kier alpha value is -4.60. The molecule has 180 valence electrons. The maximum Gasteiger partial charge on any atom is 0.251 e. The molecule has 0 fully saturated rings. The normalized spacial score (nSPS) is 19.0. The number of para-hydroxylation sites is 1. The van der Waals surface area contributed by atoms with Gasteiger partial charge in [-0.05, 0) is 52.6 Å². The number of fused-ring (bicyclic) bond motifs is 6. The lowest BCUT2D eigenvalue weighted by molar-refractivity contribution is -0.122. The van der Waals surface area contributed by atoms with Crippen LogP contribution in [0.4, 0.5) is 5.69 Å². The zero-order valence-electron chi connectivity index (χ0n) is 19.0. The van der Waals surface area contributed by atoms with E-state index in [1.807, 2.05) is 30.3 Å². The first-order valence-corrected chi connectivity index (χ1v) is 11.6. The van der Waals surface area contributed by atoms with Crippen LogP contribution in [-0.4, -0.2) is 48.6 Å². The molecule has 2 amide bonds. The zero-order chi connectivity index (χ0) is 24.3. The van der Waals surface area contributed by atoms with E-state index in [1.165, 1.54) is 0 Å². The summed E-state index contributed by atoms with van der Waals surface area (Å²) in [5.74, 6) is 1.60. The van der Waals surface area contributed by atoms with Crippen molar-refractivity contribution in [3.05, 3.63) is 71.3 Å². The number of hydrogen-bond acceptors (Lipinski definition) is 8. The first-order valence-electron chi connectivity index (χ1n) is 11.6. The van der Waals surface area contributed by atoms with Gasteiger partial charge in [0, 0.05) is 36.0 Å². The molecule has 10 heteroatoms. The molecule has 1 spiro atoms. The van der Waals surface area contributed by atoms with Gasteiger partial charge in [-0.3, -0.25) is 9.59 Å². The van der Waals surface area contributed by atoms with Gasteiger partial charge < -0.3 is 24.4 Å². The molecule has 1 atom stereocenters. The Morgan fingerprint density at radius 3 is 2.69 bits per heavy atom. The van der Waals surface area contributed by atoms with Crippen molar-refractivity contribution in [3.63, 3.8) is 0 Å². The van der Waals surface area contributed by atoms with Crippen LogP contribution in [0.15, 0.2) is 59.2 Å². The number of carbonyl (C=O) groups excluding carboxylic acids is 2. The Balaban J connectivity index is 1.10. The van der Waals surface area contributed by atoms with Crippen molar-refractivity contribution in [2.75, 3.05) is 31.4 Å². The van der Waals surface area contributed by atoms with Gasteiger partial charge in [0.2, 0.25) is 12.7 Å². The molecule has 3 aliphatic heterocycles. The fourth-order valence-electron chi connectivity index (χ4n) is 5.25. The second-order valence-corrected chi connectivity index (χ2v) is 8.95. The van der Waals surface area contributed by atoms with E-state index in [0.29, 0.717) is 53.4 Å². The van der Waals surface area contributed by atoms with Crippen molar-refractivity contribution in [2.24, 2.45) is 0 Å². The molecule has 3 aliphatic rings. The van der Waals surface area contributed by atoms with Crippen LogP contribution in [0.2, 0.25) is 0 Å².